The van der Waals surface area contributed by atoms with Gasteiger partial charge in [-0.15, -0.1) is 0 Å². The van der Waals surface area contributed by atoms with Crippen molar-refractivity contribution >= 4 is 12.4 Å². The molecule has 80 valence electrons. The van der Waals surface area contributed by atoms with Crippen LogP contribution >= 0.6 is 0 Å². The second-order valence-electron chi connectivity index (χ2n) is 3.76. The van der Waals surface area contributed by atoms with Crippen LogP contribution < -0.4 is 5.32 Å². The number of alkyl carbamates (subject to hydrolysis) is 1. The molecule has 1 N–H and O–H groups in total. The molecule has 0 aliphatic carbocycles. The van der Waals surface area contributed by atoms with Crippen LogP contribution in [0.1, 0.15) is 27.2 Å². The molecule has 0 aromatic carbocycles. The standard InChI is InChI=1S/C10H17NO3/c1-10(2,3)14-9(13)11-7-5-4-6-8-12/h4-5,8H,6-7H2,1-3H3,(H,11,13). The second kappa shape index (κ2) is 6.18. The molecule has 0 saturated carbocycles. The second-order valence-corrected chi connectivity index (χ2v) is 3.76. The van der Waals surface area contributed by atoms with E-state index in [1.54, 1.807) is 32.9 Å². The Morgan fingerprint density at radius 2 is 2.00 bits per heavy atom. The van der Waals surface area contributed by atoms with E-state index in [0.29, 0.717) is 13.0 Å². The van der Waals surface area contributed by atoms with Crippen LogP contribution in [-0.4, -0.2) is 24.5 Å². The lowest BCUT2D eigenvalue weighted by atomic mass is 10.2. The van der Waals surface area contributed by atoms with Crippen LogP contribution in [-0.2, 0) is 9.53 Å². The van der Waals surface area contributed by atoms with Gasteiger partial charge >= 0.3 is 6.09 Å². The van der Waals surface area contributed by atoms with Gasteiger partial charge in [0.2, 0.25) is 0 Å². The van der Waals surface area contributed by atoms with Crippen LogP contribution in [0.15, 0.2) is 12.2 Å². The first-order valence-electron chi connectivity index (χ1n) is 4.51. The smallest absolute Gasteiger partial charge is 0.407 e. The van der Waals surface area contributed by atoms with Gasteiger partial charge in [-0.3, -0.25) is 0 Å². The van der Waals surface area contributed by atoms with Gasteiger partial charge in [0.1, 0.15) is 11.9 Å². The average Bonchev–Trinajstić information content (AvgIpc) is 2.00. The van der Waals surface area contributed by atoms with E-state index < -0.39 is 11.7 Å². The van der Waals surface area contributed by atoms with Crippen molar-refractivity contribution in [1.82, 2.24) is 5.32 Å². The zero-order valence-electron chi connectivity index (χ0n) is 8.87. The first-order chi connectivity index (χ1) is 6.45. The molecular formula is C10H17NO3. The van der Waals surface area contributed by atoms with Crippen molar-refractivity contribution in [3.8, 4) is 0 Å². The molecule has 0 heterocycles. The number of ether oxygens (including phenoxy) is 1. The lowest BCUT2D eigenvalue weighted by Crippen LogP contribution is -2.32. The van der Waals surface area contributed by atoms with Crippen molar-refractivity contribution in [3.63, 3.8) is 0 Å². The highest BCUT2D eigenvalue weighted by atomic mass is 16.6. The Morgan fingerprint density at radius 1 is 1.36 bits per heavy atom. The van der Waals surface area contributed by atoms with Gasteiger partial charge in [-0.25, -0.2) is 4.79 Å². The Hall–Kier alpha value is -1.32. The summed E-state index contributed by atoms with van der Waals surface area (Å²) in [5, 5.41) is 2.53. The molecule has 0 aliphatic rings. The first kappa shape index (κ1) is 12.7. The third kappa shape index (κ3) is 8.77. The van der Waals surface area contributed by atoms with Gasteiger partial charge in [-0.05, 0) is 20.8 Å². The number of nitrogens with one attached hydrogen (secondary N) is 1. The third-order valence-corrected chi connectivity index (χ3v) is 1.16. The molecule has 1 amide bonds. The summed E-state index contributed by atoms with van der Waals surface area (Å²) in [6.07, 6.45) is 4.11. The first-order valence-corrected chi connectivity index (χ1v) is 4.51. The Kier molecular flexibility index (Phi) is 5.60. The average molecular weight is 199 g/mol. The molecule has 0 atom stereocenters. The SMILES string of the molecule is CC(C)(C)OC(=O)NCC=CCC=O. The highest BCUT2D eigenvalue weighted by Crippen LogP contribution is 2.05. The minimum atomic E-state index is -0.476. The third-order valence-electron chi connectivity index (χ3n) is 1.16. The number of allylic oxidation sites excluding steroid dienone is 1. The van der Waals surface area contributed by atoms with Crippen molar-refractivity contribution in [2.24, 2.45) is 0 Å². The molecule has 0 spiro atoms. The maximum Gasteiger partial charge on any atom is 0.407 e. The Labute approximate surface area is 84.3 Å². The van der Waals surface area contributed by atoms with Crippen LogP contribution in [0.3, 0.4) is 0 Å². The number of rotatable bonds is 4. The number of carbonyl (C=O) groups excluding carboxylic acids is 2. The molecular weight excluding hydrogens is 182 g/mol. The van der Waals surface area contributed by atoms with Gasteiger partial charge in [0.05, 0.1) is 0 Å². The van der Waals surface area contributed by atoms with E-state index in [2.05, 4.69) is 5.32 Å². The molecule has 0 radical (unpaired) electrons. The van der Waals surface area contributed by atoms with E-state index in [1.165, 1.54) is 0 Å². The van der Waals surface area contributed by atoms with E-state index in [4.69, 9.17) is 4.74 Å². The van der Waals surface area contributed by atoms with E-state index in [0.717, 1.165) is 6.29 Å². The minimum absolute atomic E-state index is 0.371. The van der Waals surface area contributed by atoms with Gasteiger partial charge in [0, 0.05) is 13.0 Å². The summed E-state index contributed by atoms with van der Waals surface area (Å²) in [5.74, 6) is 0. The maximum atomic E-state index is 11.1. The zero-order chi connectivity index (χ0) is 11.0. The lowest BCUT2D eigenvalue weighted by molar-refractivity contribution is -0.107. The van der Waals surface area contributed by atoms with Crippen LogP contribution in [0.2, 0.25) is 0 Å². The van der Waals surface area contributed by atoms with Gasteiger partial charge in [0.15, 0.2) is 0 Å². The summed E-state index contributed by atoms with van der Waals surface area (Å²) in [6.45, 7) is 5.78. The summed E-state index contributed by atoms with van der Waals surface area (Å²) < 4.78 is 4.99. The van der Waals surface area contributed by atoms with Gasteiger partial charge in [-0.2, -0.15) is 0 Å². The molecule has 0 rings (SSSR count). The highest BCUT2D eigenvalue weighted by Gasteiger charge is 2.14. The minimum Gasteiger partial charge on any atom is -0.444 e. The molecule has 0 aliphatic heterocycles. The Bertz CT molecular complexity index is 216. The molecule has 0 aromatic heterocycles. The van der Waals surface area contributed by atoms with Crippen LogP contribution in [0, 0.1) is 0 Å². The molecule has 4 nitrogen and oxygen atoms in total. The van der Waals surface area contributed by atoms with Crippen molar-refractivity contribution in [3.05, 3.63) is 12.2 Å². The quantitative estimate of drug-likeness (QED) is 0.553. The largest absolute Gasteiger partial charge is 0.444 e. The molecule has 4 heteroatoms. The number of amides is 1. The normalized spacial score (nSPS) is 11.4. The van der Waals surface area contributed by atoms with E-state index in [-0.39, 0.29) is 0 Å². The highest BCUT2D eigenvalue weighted by molar-refractivity contribution is 5.67. The summed E-state index contributed by atoms with van der Waals surface area (Å²) in [5.41, 5.74) is -0.476. The topological polar surface area (TPSA) is 55.4 Å². The summed E-state index contributed by atoms with van der Waals surface area (Å²) in [4.78, 5) is 21.0. The molecule has 0 unspecified atom stereocenters. The number of hydrogen-bond acceptors (Lipinski definition) is 3. The lowest BCUT2D eigenvalue weighted by Gasteiger charge is -2.19. The number of carbonyl (C=O) groups is 2. The van der Waals surface area contributed by atoms with Crippen molar-refractivity contribution in [1.29, 1.82) is 0 Å². The van der Waals surface area contributed by atoms with Crippen LogP contribution in [0.25, 0.3) is 0 Å². The van der Waals surface area contributed by atoms with Crippen LogP contribution in [0.5, 0.6) is 0 Å². The molecule has 14 heavy (non-hydrogen) atoms. The van der Waals surface area contributed by atoms with E-state index in [1.807, 2.05) is 0 Å². The fraction of sp³-hybridized carbons (Fsp3) is 0.600. The van der Waals surface area contributed by atoms with Gasteiger partial charge in [-0.1, -0.05) is 12.2 Å². The summed E-state index contributed by atoms with van der Waals surface area (Å²) >= 11 is 0. The number of aldehydes is 1. The van der Waals surface area contributed by atoms with Crippen molar-refractivity contribution < 1.29 is 14.3 Å². The summed E-state index contributed by atoms with van der Waals surface area (Å²) in [7, 11) is 0. The zero-order valence-corrected chi connectivity index (χ0v) is 8.87. The molecule has 0 bridgehead atoms. The maximum absolute atomic E-state index is 11.1. The van der Waals surface area contributed by atoms with Gasteiger partial charge in [0.25, 0.3) is 0 Å². The molecule has 0 saturated heterocycles. The van der Waals surface area contributed by atoms with Crippen molar-refractivity contribution in [2.75, 3.05) is 6.54 Å². The predicted molar refractivity (Wildman–Crippen MR) is 54.1 cm³/mol. The predicted octanol–water partition coefficient (Wildman–Crippen LogP) is 1.66. The monoisotopic (exact) mass is 199 g/mol. The fourth-order valence-electron chi connectivity index (χ4n) is 0.692. The molecule has 0 fully saturated rings. The summed E-state index contributed by atoms with van der Waals surface area (Å²) in [6, 6.07) is 0. The molecule has 0 aromatic rings. The Balaban J connectivity index is 3.60. The van der Waals surface area contributed by atoms with E-state index >= 15 is 0 Å². The van der Waals surface area contributed by atoms with Gasteiger partial charge < -0.3 is 14.8 Å². The fourth-order valence-corrected chi connectivity index (χ4v) is 0.692. The van der Waals surface area contributed by atoms with E-state index in [9.17, 15) is 9.59 Å². The van der Waals surface area contributed by atoms with Crippen molar-refractivity contribution in [2.45, 2.75) is 32.8 Å². The number of hydrogen-bond donors (Lipinski definition) is 1. The van der Waals surface area contributed by atoms with Crippen LogP contribution in [0.4, 0.5) is 4.79 Å². The Morgan fingerprint density at radius 3 is 2.50 bits per heavy atom.